The molecule has 5 nitrogen and oxygen atoms in total. The molecule has 102 valence electrons. The minimum Gasteiger partial charge on any atom is -0.351 e. The molecule has 1 aliphatic heterocycles. The molecule has 1 saturated heterocycles. The molecule has 0 N–H and O–H groups in total. The largest absolute Gasteiger partial charge is 0.351 e. The van der Waals surface area contributed by atoms with Gasteiger partial charge in [-0.2, -0.15) is 5.10 Å². The number of thiophene rings is 1. The van der Waals surface area contributed by atoms with Crippen LogP contribution in [-0.4, -0.2) is 32.3 Å². The first kappa shape index (κ1) is 11.8. The van der Waals surface area contributed by atoms with Gasteiger partial charge in [0.2, 0.25) is 0 Å². The number of nitrogens with zero attached hydrogens (tertiary/aromatic N) is 5. The van der Waals surface area contributed by atoms with E-state index in [1.165, 1.54) is 18.2 Å². The van der Waals surface area contributed by atoms with Gasteiger partial charge in [0, 0.05) is 18.9 Å². The Kier molecular flexibility index (Phi) is 2.88. The molecular weight excluding hydrogens is 270 g/mol. The van der Waals surface area contributed by atoms with Crippen molar-refractivity contribution in [3.63, 3.8) is 0 Å². The van der Waals surface area contributed by atoms with Gasteiger partial charge < -0.3 is 4.90 Å². The van der Waals surface area contributed by atoms with Gasteiger partial charge in [0.15, 0.2) is 0 Å². The summed E-state index contributed by atoms with van der Waals surface area (Å²) in [6.45, 7) is 1.98. The molecule has 0 aromatic carbocycles. The fourth-order valence-electron chi connectivity index (χ4n) is 2.93. The van der Waals surface area contributed by atoms with E-state index >= 15 is 0 Å². The average molecular weight is 285 g/mol. The SMILES string of the molecule is c1cnn(C[C@@H]2CCCN2c2ncnc3sccc23)c1. The summed E-state index contributed by atoms with van der Waals surface area (Å²) in [6.07, 6.45) is 7.94. The number of fused-ring (bicyclic) bond motifs is 1. The van der Waals surface area contributed by atoms with Crippen molar-refractivity contribution in [1.29, 1.82) is 0 Å². The molecule has 0 unspecified atom stereocenters. The molecule has 1 aliphatic rings. The first-order chi connectivity index (χ1) is 9.92. The van der Waals surface area contributed by atoms with Crippen LogP contribution in [0.2, 0.25) is 0 Å². The third kappa shape index (κ3) is 1.96. The summed E-state index contributed by atoms with van der Waals surface area (Å²) >= 11 is 1.67. The predicted octanol–water partition coefficient (Wildman–Crippen LogP) is 2.56. The Morgan fingerprint density at radius 1 is 1.35 bits per heavy atom. The second-order valence-electron chi connectivity index (χ2n) is 5.05. The van der Waals surface area contributed by atoms with E-state index in [9.17, 15) is 0 Å². The number of anilines is 1. The van der Waals surface area contributed by atoms with Crippen molar-refractivity contribution in [2.75, 3.05) is 11.4 Å². The second kappa shape index (κ2) is 4.86. The quantitative estimate of drug-likeness (QED) is 0.742. The molecule has 3 aromatic rings. The molecule has 0 spiro atoms. The number of aromatic nitrogens is 4. The summed E-state index contributed by atoms with van der Waals surface area (Å²) in [5.74, 6) is 1.07. The van der Waals surface area contributed by atoms with Gasteiger partial charge in [-0.05, 0) is 30.4 Å². The standard InChI is InChI=1S/C14H15N5S/c1-3-11(9-18-6-2-5-17-18)19(7-1)13-12-4-8-20-14(12)16-10-15-13/h2,4-6,8,10-11H,1,3,7,9H2/t11-/m0/s1. The summed E-state index contributed by atoms with van der Waals surface area (Å²) in [5.41, 5.74) is 0. The molecule has 4 rings (SSSR count). The molecule has 6 heteroatoms. The first-order valence-electron chi connectivity index (χ1n) is 6.84. The molecule has 1 fully saturated rings. The van der Waals surface area contributed by atoms with Gasteiger partial charge in [-0.15, -0.1) is 11.3 Å². The number of rotatable bonds is 3. The Bertz CT molecular complexity index is 705. The zero-order chi connectivity index (χ0) is 13.4. The van der Waals surface area contributed by atoms with E-state index < -0.39 is 0 Å². The highest BCUT2D eigenvalue weighted by atomic mass is 32.1. The Morgan fingerprint density at radius 3 is 3.25 bits per heavy atom. The lowest BCUT2D eigenvalue weighted by Gasteiger charge is -2.26. The lowest BCUT2D eigenvalue weighted by molar-refractivity contribution is 0.508. The van der Waals surface area contributed by atoms with Crippen molar-refractivity contribution >= 4 is 27.4 Å². The van der Waals surface area contributed by atoms with Crippen LogP contribution in [0, 0.1) is 0 Å². The van der Waals surface area contributed by atoms with E-state index in [2.05, 4.69) is 31.4 Å². The third-order valence-corrected chi connectivity index (χ3v) is 4.67. The van der Waals surface area contributed by atoms with Gasteiger partial charge >= 0.3 is 0 Å². The van der Waals surface area contributed by atoms with Crippen LogP contribution in [-0.2, 0) is 6.54 Å². The van der Waals surface area contributed by atoms with Gasteiger partial charge in [-0.3, -0.25) is 4.68 Å². The van der Waals surface area contributed by atoms with Crippen LogP contribution in [0.4, 0.5) is 5.82 Å². The van der Waals surface area contributed by atoms with E-state index in [0.29, 0.717) is 6.04 Å². The first-order valence-corrected chi connectivity index (χ1v) is 7.72. The van der Waals surface area contributed by atoms with Crippen LogP contribution in [0.3, 0.4) is 0 Å². The lowest BCUT2D eigenvalue weighted by Crippen LogP contribution is -2.33. The fourth-order valence-corrected chi connectivity index (χ4v) is 3.66. The molecule has 20 heavy (non-hydrogen) atoms. The van der Waals surface area contributed by atoms with E-state index in [0.717, 1.165) is 23.7 Å². The molecule has 0 bridgehead atoms. The fraction of sp³-hybridized carbons (Fsp3) is 0.357. The van der Waals surface area contributed by atoms with Crippen LogP contribution < -0.4 is 4.90 Å². The summed E-state index contributed by atoms with van der Waals surface area (Å²) < 4.78 is 2.01. The number of hydrogen-bond acceptors (Lipinski definition) is 5. The van der Waals surface area contributed by atoms with Gasteiger partial charge in [0.1, 0.15) is 17.0 Å². The molecule has 1 atom stereocenters. The minimum absolute atomic E-state index is 0.466. The maximum absolute atomic E-state index is 4.53. The Hall–Kier alpha value is -1.95. The smallest absolute Gasteiger partial charge is 0.141 e. The second-order valence-corrected chi connectivity index (χ2v) is 5.95. The molecule has 0 amide bonds. The number of hydrogen-bond donors (Lipinski definition) is 0. The highest BCUT2D eigenvalue weighted by Crippen LogP contribution is 2.31. The van der Waals surface area contributed by atoms with Crippen LogP contribution in [0.1, 0.15) is 12.8 Å². The zero-order valence-electron chi connectivity index (χ0n) is 11.0. The lowest BCUT2D eigenvalue weighted by atomic mass is 10.2. The Morgan fingerprint density at radius 2 is 2.35 bits per heavy atom. The Labute approximate surface area is 120 Å². The van der Waals surface area contributed by atoms with Gasteiger partial charge in [-0.25, -0.2) is 9.97 Å². The summed E-state index contributed by atoms with van der Waals surface area (Å²) in [6, 6.07) is 4.56. The van der Waals surface area contributed by atoms with Crippen LogP contribution in [0.5, 0.6) is 0 Å². The van der Waals surface area contributed by atoms with Crippen molar-refractivity contribution < 1.29 is 0 Å². The summed E-state index contributed by atoms with van der Waals surface area (Å²) in [7, 11) is 0. The molecule has 3 aromatic heterocycles. The van der Waals surface area contributed by atoms with Gasteiger partial charge in [-0.1, -0.05) is 0 Å². The normalized spacial score (nSPS) is 19.0. The maximum atomic E-state index is 4.53. The van der Waals surface area contributed by atoms with Gasteiger partial charge in [0.05, 0.1) is 18.0 Å². The molecular formula is C14H15N5S. The predicted molar refractivity (Wildman–Crippen MR) is 80.0 cm³/mol. The average Bonchev–Trinajstić information content (AvgIpc) is 3.19. The van der Waals surface area contributed by atoms with Crippen molar-refractivity contribution in [1.82, 2.24) is 19.7 Å². The van der Waals surface area contributed by atoms with Crippen molar-refractivity contribution in [3.05, 3.63) is 36.2 Å². The van der Waals surface area contributed by atoms with E-state index in [1.54, 1.807) is 17.7 Å². The molecule has 0 saturated carbocycles. The molecule has 4 heterocycles. The van der Waals surface area contributed by atoms with E-state index in [1.807, 2.05) is 23.1 Å². The van der Waals surface area contributed by atoms with E-state index in [4.69, 9.17) is 0 Å². The monoisotopic (exact) mass is 285 g/mol. The topological polar surface area (TPSA) is 46.8 Å². The van der Waals surface area contributed by atoms with Crippen LogP contribution in [0.15, 0.2) is 36.2 Å². The van der Waals surface area contributed by atoms with Gasteiger partial charge in [0.25, 0.3) is 0 Å². The molecule has 0 aliphatic carbocycles. The highest BCUT2D eigenvalue weighted by Gasteiger charge is 2.27. The van der Waals surface area contributed by atoms with Crippen LogP contribution >= 0.6 is 11.3 Å². The molecule has 0 radical (unpaired) electrons. The Balaban J connectivity index is 1.68. The zero-order valence-corrected chi connectivity index (χ0v) is 11.8. The maximum Gasteiger partial charge on any atom is 0.141 e. The van der Waals surface area contributed by atoms with E-state index in [-0.39, 0.29) is 0 Å². The minimum atomic E-state index is 0.466. The third-order valence-electron chi connectivity index (χ3n) is 3.85. The van der Waals surface area contributed by atoms with Crippen molar-refractivity contribution in [2.45, 2.75) is 25.4 Å². The van der Waals surface area contributed by atoms with Crippen LogP contribution in [0.25, 0.3) is 10.2 Å². The van der Waals surface area contributed by atoms with Crippen molar-refractivity contribution in [2.24, 2.45) is 0 Å². The summed E-state index contributed by atoms with van der Waals surface area (Å²) in [5, 5.41) is 7.58. The van der Waals surface area contributed by atoms with Crippen molar-refractivity contribution in [3.8, 4) is 0 Å². The summed E-state index contributed by atoms with van der Waals surface area (Å²) in [4.78, 5) is 12.4. The highest BCUT2D eigenvalue weighted by molar-refractivity contribution is 7.16.